The number of carboxylic acids is 1. The fourth-order valence-corrected chi connectivity index (χ4v) is 1.49. The van der Waals surface area contributed by atoms with E-state index in [4.69, 9.17) is 5.11 Å². The molecule has 16 heavy (non-hydrogen) atoms. The van der Waals surface area contributed by atoms with Crippen LogP contribution in [0.15, 0.2) is 23.8 Å². The SMILES string of the molecule is CC(C)=CCCC=CCC(C(=O)O)C(C)C. The van der Waals surface area contributed by atoms with E-state index < -0.39 is 5.97 Å². The quantitative estimate of drug-likeness (QED) is 0.523. The van der Waals surface area contributed by atoms with Crippen molar-refractivity contribution in [2.75, 3.05) is 0 Å². The maximum atomic E-state index is 10.9. The summed E-state index contributed by atoms with van der Waals surface area (Å²) in [6, 6.07) is 0. The minimum Gasteiger partial charge on any atom is -0.481 e. The number of unbranched alkanes of at least 4 members (excludes halogenated alkanes) is 1. The average molecular weight is 224 g/mol. The lowest BCUT2D eigenvalue weighted by atomic mass is 9.92. The molecule has 1 atom stereocenters. The van der Waals surface area contributed by atoms with Crippen LogP contribution < -0.4 is 0 Å². The van der Waals surface area contributed by atoms with Gasteiger partial charge in [0.1, 0.15) is 0 Å². The average Bonchev–Trinajstić information content (AvgIpc) is 2.14. The zero-order valence-corrected chi connectivity index (χ0v) is 10.9. The van der Waals surface area contributed by atoms with E-state index in [1.54, 1.807) is 0 Å². The Labute approximate surface area is 99.1 Å². The number of carbonyl (C=O) groups is 1. The molecule has 0 aromatic rings. The van der Waals surface area contributed by atoms with Gasteiger partial charge < -0.3 is 5.11 Å². The van der Waals surface area contributed by atoms with E-state index in [-0.39, 0.29) is 11.8 Å². The van der Waals surface area contributed by atoms with E-state index in [0.717, 1.165) is 12.8 Å². The van der Waals surface area contributed by atoms with Crippen LogP contribution in [-0.2, 0) is 4.79 Å². The largest absolute Gasteiger partial charge is 0.481 e. The molecule has 2 nitrogen and oxygen atoms in total. The Kier molecular flexibility index (Phi) is 7.61. The minimum atomic E-state index is -0.691. The lowest BCUT2D eigenvalue weighted by Crippen LogP contribution is -2.18. The third-order valence-corrected chi connectivity index (χ3v) is 2.56. The van der Waals surface area contributed by atoms with Crippen molar-refractivity contribution < 1.29 is 9.90 Å². The number of carboxylic acid groups (broad SMARTS) is 1. The van der Waals surface area contributed by atoms with Gasteiger partial charge in [-0.15, -0.1) is 0 Å². The smallest absolute Gasteiger partial charge is 0.307 e. The Morgan fingerprint density at radius 1 is 1.19 bits per heavy atom. The number of aliphatic carboxylic acids is 1. The summed E-state index contributed by atoms with van der Waals surface area (Å²) in [5.41, 5.74) is 1.33. The Morgan fingerprint density at radius 2 is 1.81 bits per heavy atom. The van der Waals surface area contributed by atoms with Gasteiger partial charge in [0.05, 0.1) is 5.92 Å². The molecule has 0 aliphatic carbocycles. The zero-order valence-electron chi connectivity index (χ0n) is 10.9. The van der Waals surface area contributed by atoms with Crippen molar-refractivity contribution in [3.63, 3.8) is 0 Å². The molecule has 0 saturated carbocycles. The van der Waals surface area contributed by atoms with Crippen LogP contribution in [-0.4, -0.2) is 11.1 Å². The van der Waals surface area contributed by atoms with Crippen molar-refractivity contribution in [3.05, 3.63) is 23.8 Å². The molecule has 0 aliphatic heterocycles. The van der Waals surface area contributed by atoms with E-state index >= 15 is 0 Å². The maximum absolute atomic E-state index is 10.9. The lowest BCUT2D eigenvalue weighted by molar-refractivity contribution is -0.143. The molecular formula is C14H24O2. The van der Waals surface area contributed by atoms with Crippen molar-refractivity contribution in [3.8, 4) is 0 Å². The highest BCUT2D eigenvalue weighted by molar-refractivity contribution is 5.70. The van der Waals surface area contributed by atoms with Gasteiger partial charge in [0.25, 0.3) is 0 Å². The molecular weight excluding hydrogens is 200 g/mol. The lowest BCUT2D eigenvalue weighted by Gasteiger charge is -2.13. The molecule has 1 N–H and O–H groups in total. The number of allylic oxidation sites excluding steroid dienone is 4. The summed E-state index contributed by atoms with van der Waals surface area (Å²) in [4.78, 5) is 10.9. The predicted molar refractivity (Wildman–Crippen MR) is 68.4 cm³/mol. The first kappa shape index (κ1) is 14.9. The summed E-state index contributed by atoms with van der Waals surface area (Å²) in [7, 11) is 0. The summed E-state index contributed by atoms with van der Waals surface area (Å²) in [5, 5.41) is 8.98. The van der Waals surface area contributed by atoms with Crippen molar-refractivity contribution >= 4 is 5.97 Å². The van der Waals surface area contributed by atoms with Crippen LogP contribution in [0.4, 0.5) is 0 Å². The first-order chi connectivity index (χ1) is 7.45. The predicted octanol–water partition coefficient (Wildman–Crippen LogP) is 4.04. The fraction of sp³-hybridized carbons (Fsp3) is 0.643. The van der Waals surface area contributed by atoms with E-state index in [1.807, 2.05) is 19.9 Å². The Bertz CT molecular complexity index is 258. The summed E-state index contributed by atoms with van der Waals surface area (Å²) in [5.74, 6) is -0.747. The molecule has 1 unspecified atom stereocenters. The summed E-state index contributed by atoms with van der Waals surface area (Å²) in [6.45, 7) is 8.08. The van der Waals surface area contributed by atoms with Gasteiger partial charge in [-0.2, -0.15) is 0 Å². The van der Waals surface area contributed by atoms with E-state index in [2.05, 4.69) is 26.0 Å². The molecule has 92 valence electrons. The molecule has 0 aliphatic rings. The number of hydrogen-bond donors (Lipinski definition) is 1. The Balaban J connectivity index is 3.89. The van der Waals surface area contributed by atoms with Crippen LogP contribution in [0.3, 0.4) is 0 Å². The van der Waals surface area contributed by atoms with Crippen LogP contribution in [0.5, 0.6) is 0 Å². The zero-order chi connectivity index (χ0) is 12.6. The van der Waals surface area contributed by atoms with Gasteiger partial charge in [-0.05, 0) is 39.0 Å². The third kappa shape index (κ3) is 7.27. The molecule has 0 bridgehead atoms. The van der Waals surface area contributed by atoms with Gasteiger partial charge in [-0.1, -0.05) is 37.6 Å². The molecule has 0 saturated heterocycles. The van der Waals surface area contributed by atoms with E-state index in [0.29, 0.717) is 6.42 Å². The molecule has 0 fully saturated rings. The first-order valence-corrected chi connectivity index (χ1v) is 5.96. The topological polar surface area (TPSA) is 37.3 Å². The first-order valence-electron chi connectivity index (χ1n) is 5.96. The van der Waals surface area contributed by atoms with Gasteiger partial charge in [0, 0.05) is 0 Å². The van der Waals surface area contributed by atoms with Crippen LogP contribution in [0.25, 0.3) is 0 Å². The van der Waals surface area contributed by atoms with E-state index in [1.165, 1.54) is 5.57 Å². The standard InChI is InChI=1S/C14H24O2/c1-11(2)9-7-5-6-8-10-13(12(3)4)14(15)16/h6,8-9,12-13H,5,7,10H2,1-4H3,(H,15,16). The van der Waals surface area contributed by atoms with Crippen LogP contribution in [0.1, 0.15) is 47.0 Å². The van der Waals surface area contributed by atoms with Crippen LogP contribution in [0.2, 0.25) is 0 Å². The summed E-state index contributed by atoms with van der Waals surface area (Å²) >= 11 is 0. The fourth-order valence-electron chi connectivity index (χ4n) is 1.49. The second-order valence-corrected chi connectivity index (χ2v) is 4.75. The van der Waals surface area contributed by atoms with Crippen molar-refractivity contribution in [1.29, 1.82) is 0 Å². The van der Waals surface area contributed by atoms with Gasteiger partial charge >= 0.3 is 5.97 Å². The highest BCUT2D eigenvalue weighted by atomic mass is 16.4. The van der Waals surface area contributed by atoms with Crippen LogP contribution >= 0.6 is 0 Å². The highest BCUT2D eigenvalue weighted by Gasteiger charge is 2.19. The molecule has 2 heteroatoms. The Hall–Kier alpha value is -1.05. The van der Waals surface area contributed by atoms with Crippen molar-refractivity contribution in [2.45, 2.75) is 47.0 Å². The molecule has 0 amide bonds. The molecule has 0 aromatic heterocycles. The van der Waals surface area contributed by atoms with Gasteiger partial charge in [-0.3, -0.25) is 4.79 Å². The highest BCUT2D eigenvalue weighted by Crippen LogP contribution is 2.16. The van der Waals surface area contributed by atoms with Gasteiger partial charge in [0.15, 0.2) is 0 Å². The van der Waals surface area contributed by atoms with E-state index in [9.17, 15) is 4.79 Å². The molecule has 0 radical (unpaired) electrons. The Morgan fingerprint density at radius 3 is 2.25 bits per heavy atom. The maximum Gasteiger partial charge on any atom is 0.307 e. The number of hydrogen-bond acceptors (Lipinski definition) is 1. The normalized spacial score (nSPS) is 13.1. The van der Waals surface area contributed by atoms with Crippen molar-refractivity contribution in [2.24, 2.45) is 11.8 Å². The molecule has 0 rings (SSSR count). The number of rotatable bonds is 7. The summed E-state index contributed by atoms with van der Waals surface area (Å²) in [6.07, 6.45) is 8.95. The summed E-state index contributed by atoms with van der Waals surface area (Å²) < 4.78 is 0. The van der Waals surface area contributed by atoms with Crippen molar-refractivity contribution in [1.82, 2.24) is 0 Å². The second-order valence-electron chi connectivity index (χ2n) is 4.75. The molecule has 0 heterocycles. The van der Waals surface area contributed by atoms with Gasteiger partial charge in [0.2, 0.25) is 0 Å². The minimum absolute atomic E-state index is 0.194. The second kappa shape index (κ2) is 8.14. The molecule has 0 spiro atoms. The molecule has 0 aromatic carbocycles. The van der Waals surface area contributed by atoms with Gasteiger partial charge in [-0.25, -0.2) is 0 Å². The third-order valence-electron chi connectivity index (χ3n) is 2.56. The van der Waals surface area contributed by atoms with Crippen LogP contribution in [0, 0.1) is 11.8 Å². The monoisotopic (exact) mass is 224 g/mol.